The molecular formula is C21H19F2N3O4. The Kier molecular flexibility index (Phi) is 6.20. The lowest BCUT2D eigenvalue weighted by Gasteiger charge is -2.18. The Hall–Kier alpha value is -3.62. The van der Waals surface area contributed by atoms with E-state index in [4.69, 9.17) is 0 Å². The Bertz CT molecular complexity index is 992. The van der Waals surface area contributed by atoms with Crippen LogP contribution in [0.15, 0.2) is 42.5 Å². The van der Waals surface area contributed by atoms with Gasteiger partial charge < -0.3 is 10.6 Å². The molecule has 1 unspecified atom stereocenters. The third-order valence-electron chi connectivity index (χ3n) is 4.77. The molecule has 30 heavy (non-hydrogen) atoms. The molecule has 0 saturated carbocycles. The maximum absolute atomic E-state index is 13.6. The summed E-state index contributed by atoms with van der Waals surface area (Å²) in [5, 5.41) is 4.87. The van der Waals surface area contributed by atoms with E-state index in [9.17, 15) is 28.0 Å². The first kappa shape index (κ1) is 21.1. The summed E-state index contributed by atoms with van der Waals surface area (Å²) >= 11 is 0. The van der Waals surface area contributed by atoms with Crippen LogP contribution in [0.5, 0.6) is 0 Å². The number of carbonyl (C=O) groups is 4. The van der Waals surface area contributed by atoms with Crippen LogP contribution < -0.4 is 10.6 Å². The first-order chi connectivity index (χ1) is 14.3. The average molecular weight is 415 g/mol. The second-order valence-corrected chi connectivity index (χ2v) is 6.76. The van der Waals surface area contributed by atoms with Gasteiger partial charge >= 0.3 is 0 Å². The maximum atomic E-state index is 13.6. The fourth-order valence-electron chi connectivity index (χ4n) is 3.09. The predicted octanol–water partition coefficient (Wildman–Crippen LogP) is 1.83. The molecule has 1 fully saturated rings. The predicted molar refractivity (Wildman–Crippen MR) is 102 cm³/mol. The number of hydrogen-bond acceptors (Lipinski definition) is 4. The smallest absolute Gasteiger partial charge is 0.252 e. The van der Waals surface area contributed by atoms with Crippen molar-refractivity contribution in [2.75, 3.05) is 7.05 Å². The van der Waals surface area contributed by atoms with Crippen LogP contribution in [0.25, 0.3) is 0 Å². The molecule has 1 aliphatic heterocycles. The van der Waals surface area contributed by atoms with Crippen LogP contribution in [-0.2, 0) is 20.9 Å². The number of benzene rings is 2. The number of nitrogens with zero attached hydrogens (tertiary/aromatic N) is 1. The highest BCUT2D eigenvalue weighted by Crippen LogP contribution is 2.19. The normalized spacial score (nSPS) is 14.6. The lowest BCUT2D eigenvalue weighted by atomic mass is 10.0. The highest BCUT2D eigenvalue weighted by molar-refractivity contribution is 6.02. The van der Waals surface area contributed by atoms with Gasteiger partial charge in [0.05, 0.1) is 6.54 Å². The van der Waals surface area contributed by atoms with E-state index in [0.717, 1.165) is 12.1 Å². The van der Waals surface area contributed by atoms with Gasteiger partial charge in [-0.3, -0.25) is 24.1 Å². The number of imide groups is 1. The summed E-state index contributed by atoms with van der Waals surface area (Å²) in [5.41, 5.74) is 0.970. The minimum atomic E-state index is -1.22. The van der Waals surface area contributed by atoms with Crippen molar-refractivity contribution >= 4 is 23.6 Å². The molecule has 1 saturated heterocycles. The molecule has 0 aliphatic carbocycles. The molecule has 2 N–H and O–H groups in total. The summed E-state index contributed by atoms with van der Waals surface area (Å²) < 4.78 is 26.8. The number of likely N-dealkylation sites (tertiary alicyclic amines) is 1. The van der Waals surface area contributed by atoms with Gasteiger partial charge in [-0.2, -0.15) is 0 Å². The molecule has 0 spiro atoms. The molecule has 2 aromatic rings. The molecule has 156 valence electrons. The molecule has 3 rings (SSSR count). The largest absolute Gasteiger partial charge is 0.357 e. The summed E-state index contributed by atoms with van der Waals surface area (Å²) in [6.07, 6.45) is 0.397. The Balaban J connectivity index is 1.74. The number of likely N-dealkylation sites (N-methyl/N-ethyl adjacent to an activating group) is 1. The maximum Gasteiger partial charge on any atom is 0.252 e. The summed E-state index contributed by atoms with van der Waals surface area (Å²) in [6, 6.07) is 7.89. The van der Waals surface area contributed by atoms with Crippen molar-refractivity contribution in [2.24, 2.45) is 0 Å². The molecule has 1 heterocycles. The monoisotopic (exact) mass is 415 g/mol. The summed E-state index contributed by atoms with van der Waals surface area (Å²) in [7, 11) is 1.36. The molecule has 7 nitrogen and oxygen atoms in total. The van der Waals surface area contributed by atoms with Crippen LogP contribution in [-0.4, -0.2) is 35.6 Å². The number of nitrogens with one attached hydrogen (secondary N) is 2. The van der Waals surface area contributed by atoms with Crippen LogP contribution in [0.1, 0.15) is 40.4 Å². The van der Waals surface area contributed by atoms with Gasteiger partial charge in [0.15, 0.2) is 11.6 Å². The Morgan fingerprint density at radius 3 is 2.20 bits per heavy atom. The van der Waals surface area contributed by atoms with Gasteiger partial charge in [-0.1, -0.05) is 18.2 Å². The lowest BCUT2D eigenvalue weighted by Crippen LogP contribution is -2.39. The molecule has 0 bridgehead atoms. The number of rotatable bonds is 6. The number of hydrogen-bond donors (Lipinski definition) is 2. The second-order valence-electron chi connectivity index (χ2n) is 6.76. The van der Waals surface area contributed by atoms with Crippen molar-refractivity contribution < 1.29 is 28.0 Å². The molecule has 1 atom stereocenters. The van der Waals surface area contributed by atoms with Crippen LogP contribution in [0.4, 0.5) is 8.78 Å². The van der Waals surface area contributed by atoms with Crippen LogP contribution in [0.2, 0.25) is 0 Å². The van der Waals surface area contributed by atoms with Gasteiger partial charge in [-0.05, 0) is 35.4 Å². The van der Waals surface area contributed by atoms with Crippen molar-refractivity contribution in [3.05, 3.63) is 70.8 Å². The number of halogens is 2. The molecule has 4 amide bonds. The average Bonchev–Trinajstić information content (AvgIpc) is 3.06. The quantitative estimate of drug-likeness (QED) is 0.704. The third kappa shape index (κ3) is 4.51. The topological polar surface area (TPSA) is 95.6 Å². The Labute approximate surface area is 171 Å². The fraction of sp³-hybridized carbons (Fsp3) is 0.238. The minimum absolute atomic E-state index is 0.0873. The molecule has 1 aliphatic rings. The zero-order valence-electron chi connectivity index (χ0n) is 16.1. The van der Waals surface area contributed by atoms with Gasteiger partial charge in [-0.25, -0.2) is 8.78 Å². The molecule has 9 heteroatoms. The van der Waals surface area contributed by atoms with Crippen LogP contribution in [0.3, 0.4) is 0 Å². The third-order valence-corrected chi connectivity index (χ3v) is 4.77. The van der Waals surface area contributed by atoms with E-state index < -0.39 is 29.5 Å². The van der Waals surface area contributed by atoms with Crippen LogP contribution >= 0.6 is 0 Å². The molecule has 0 radical (unpaired) electrons. The number of carbonyl (C=O) groups excluding carboxylic acids is 4. The highest BCUT2D eigenvalue weighted by atomic mass is 19.2. The second kappa shape index (κ2) is 8.81. The van der Waals surface area contributed by atoms with Crippen molar-refractivity contribution in [3.63, 3.8) is 0 Å². The van der Waals surface area contributed by atoms with E-state index in [1.807, 2.05) is 0 Å². The minimum Gasteiger partial charge on any atom is -0.357 e. The Morgan fingerprint density at radius 1 is 1.00 bits per heavy atom. The molecule has 2 aromatic carbocycles. The summed E-state index contributed by atoms with van der Waals surface area (Å²) in [4.78, 5) is 49.3. The first-order valence-electron chi connectivity index (χ1n) is 9.19. The Morgan fingerprint density at radius 2 is 1.63 bits per heavy atom. The van der Waals surface area contributed by atoms with Gasteiger partial charge in [-0.15, -0.1) is 0 Å². The van der Waals surface area contributed by atoms with E-state index in [0.29, 0.717) is 5.56 Å². The van der Waals surface area contributed by atoms with E-state index in [1.54, 1.807) is 12.1 Å². The van der Waals surface area contributed by atoms with Gasteiger partial charge in [0.1, 0.15) is 6.04 Å². The molecular weight excluding hydrogens is 396 g/mol. The fourth-order valence-corrected chi connectivity index (χ4v) is 3.09. The summed E-state index contributed by atoms with van der Waals surface area (Å²) in [5.74, 6) is -3.87. The molecule has 0 aromatic heterocycles. The van der Waals surface area contributed by atoms with Crippen molar-refractivity contribution in [3.8, 4) is 0 Å². The highest BCUT2D eigenvalue weighted by Gasteiger charge is 2.29. The van der Waals surface area contributed by atoms with Crippen molar-refractivity contribution in [2.45, 2.75) is 25.4 Å². The van der Waals surface area contributed by atoms with Crippen molar-refractivity contribution in [1.29, 1.82) is 0 Å². The van der Waals surface area contributed by atoms with E-state index in [-0.39, 0.29) is 42.3 Å². The van der Waals surface area contributed by atoms with E-state index >= 15 is 0 Å². The summed E-state index contributed by atoms with van der Waals surface area (Å²) in [6.45, 7) is 0.120. The van der Waals surface area contributed by atoms with Gasteiger partial charge in [0.25, 0.3) is 5.91 Å². The number of amides is 4. The lowest BCUT2D eigenvalue weighted by molar-refractivity contribution is -0.139. The van der Waals surface area contributed by atoms with Gasteiger partial charge in [0.2, 0.25) is 17.7 Å². The zero-order chi connectivity index (χ0) is 21.8. The standard InChI is InChI=1S/C21H19F2N3O4/c1-24-21(30)19(14-6-7-15(22)16(23)10-14)25-20(29)13-4-2-12(3-5-13)11-26-17(27)8-9-18(26)28/h2-7,10,19H,8-9,11H2,1H3,(H,24,30)(H,25,29). The van der Waals surface area contributed by atoms with Gasteiger partial charge in [0, 0.05) is 25.5 Å². The van der Waals surface area contributed by atoms with Crippen molar-refractivity contribution in [1.82, 2.24) is 15.5 Å². The van der Waals surface area contributed by atoms with E-state index in [1.165, 1.54) is 30.1 Å². The first-order valence-corrected chi connectivity index (χ1v) is 9.19. The SMILES string of the molecule is CNC(=O)C(NC(=O)c1ccc(CN2C(=O)CCC2=O)cc1)c1ccc(F)c(F)c1. The van der Waals surface area contributed by atoms with E-state index in [2.05, 4.69) is 10.6 Å². The van der Waals surface area contributed by atoms with Crippen LogP contribution in [0, 0.1) is 11.6 Å². The zero-order valence-corrected chi connectivity index (χ0v) is 16.1.